The number of urea groups is 1. The van der Waals surface area contributed by atoms with Gasteiger partial charge in [0.1, 0.15) is 12.4 Å². The van der Waals surface area contributed by atoms with E-state index in [0.29, 0.717) is 45.1 Å². The number of hydrogen-bond donors (Lipinski definition) is 2. The maximum Gasteiger partial charge on any atom is 0.319 e. The highest BCUT2D eigenvalue weighted by Crippen LogP contribution is 2.20. The van der Waals surface area contributed by atoms with Crippen LogP contribution in [0, 0.1) is 6.92 Å². The van der Waals surface area contributed by atoms with Gasteiger partial charge in [0.05, 0.1) is 24.7 Å². The van der Waals surface area contributed by atoms with Crippen molar-refractivity contribution in [3.05, 3.63) is 54.1 Å². The van der Waals surface area contributed by atoms with Gasteiger partial charge in [0.25, 0.3) is 0 Å². The van der Waals surface area contributed by atoms with Crippen molar-refractivity contribution in [3.8, 4) is 5.75 Å². The summed E-state index contributed by atoms with van der Waals surface area (Å²) < 4.78 is 37.6. The molecule has 1 fully saturated rings. The summed E-state index contributed by atoms with van der Waals surface area (Å²) in [5.74, 6) is 0.735. The molecule has 3 rings (SSSR count). The molecule has 156 valence electrons. The first-order valence-corrected chi connectivity index (χ1v) is 10.8. The van der Waals surface area contributed by atoms with Gasteiger partial charge in [-0.3, -0.25) is 0 Å². The van der Waals surface area contributed by atoms with E-state index in [1.165, 1.54) is 16.4 Å². The molecule has 0 bridgehead atoms. The number of carbonyl (C=O) groups excluding carboxylic acids is 1. The second-order valence-corrected chi connectivity index (χ2v) is 8.52. The molecule has 2 N–H and O–H groups in total. The van der Waals surface area contributed by atoms with Crippen molar-refractivity contribution < 1.29 is 22.7 Å². The summed E-state index contributed by atoms with van der Waals surface area (Å²) in [5.41, 5.74) is 1.55. The number of nitrogens with zero attached hydrogens (tertiary/aromatic N) is 1. The van der Waals surface area contributed by atoms with Crippen LogP contribution in [0.25, 0.3) is 0 Å². The molecule has 0 saturated carbocycles. The van der Waals surface area contributed by atoms with Gasteiger partial charge in [0.2, 0.25) is 10.0 Å². The summed E-state index contributed by atoms with van der Waals surface area (Å²) in [6.45, 7) is 4.03. The summed E-state index contributed by atoms with van der Waals surface area (Å²) in [6.07, 6.45) is 0. The molecule has 2 aromatic rings. The summed E-state index contributed by atoms with van der Waals surface area (Å²) in [6, 6.07) is 13.4. The third kappa shape index (κ3) is 5.93. The Hall–Kier alpha value is -2.62. The van der Waals surface area contributed by atoms with E-state index in [1.54, 1.807) is 12.1 Å². The average Bonchev–Trinajstić information content (AvgIpc) is 2.73. The van der Waals surface area contributed by atoms with Gasteiger partial charge in [-0.05, 0) is 37.3 Å². The number of carbonyl (C=O) groups is 1. The first-order chi connectivity index (χ1) is 13.9. The third-order valence-corrected chi connectivity index (χ3v) is 6.27. The molecular formula is C20H25N3O5S. The van der Waals surface area contributed by atoms with Gasteiger partial charge in [0.15, 0.2) is 0 Å². The van der Waals surface area contributed by atoms with Crippen molar-refractivity contribution in [1.82, 2.24) is 9.62 Å². The molecule has 0 aliphatic carbocycles. The van der Waals surface area contributed by atoms with Gasteiger partial charge in [-0.1, -0.05) is 23.8 Å². The van der Waals surface area contributed by atoms with Crippen LogP contribution in [0.3, 0.4) is 0 Å². The smallest absolute Gasteiger partial charge is 0.319 e. The van der Waals surface area contributed by atoms with E-state index in [1.807, 2.05) is 31.2 Å². The SMILES string of the molecule is Cc1ccc(OCCNC(=O)Nc2cccc(S(=O)(=O)N3CCOCC3)c2)cc1. The van der Waals surface area contributed by atoms with Crippen molar-refractivity contribution in [2.24, 2.45) is 0 Å². The molecule has 1 aliphatic heterocycles. The molecule has 0 spiro atoms. The topological polar surface area (TPSA) is 97.0 Å². The number of amides is 2. The minimum absolute atomic E-state index is 0.139. The lowest BCUT2D eigenvalue weighted by Crippen LogP contribution is -2.40. The predicted octanol–water partition coefficient (Wildman–Crippen LogP) is 2.22. The molecule has 0 atom stereocenters. The zero-order chi connectivity index (χ0) is 20.7. The molecule has 0 radical (unpaired) electrons. The van der Waals surface area contributed by atoms with E-state index in [4.69, 9.17) is 9.47 Å². The summed E-state index contributed by atoms with van der Waals surface area (Å²) in [5, 5.41) is 5.33. The largest absolute Gasteiger partial charge is 0.492 e. The number of aryl methyl sites for hydroxylation is 1. The van der Waals surface area contributed by atoms with Gasteiger partial charge in [-0.2, -0.15) is 4.31 Å². The molecule has 2 aromatic carbocycles. The zero-order valence-electron chi connectivity index (χ0n) is 16.3. The molecular weight excluding hydrogens is 394 g/mol. The van der Waals surface area contributed by atoms with E-state index in [0.717, 1.165) is 11.3 Å². The molecule has 8 nitrogen and oxygen atoms in total. The summed E-state index contributed by atoms with van der Waals surface area (Å²) in [4.78, 5) is 12.2. The fourth-order valence-corrected chi connectivity index (χ4v) is 4.27. The van der Waals surface area contributed by atoms with Crippen molar-refractivity contribution >= 4 is 21.7 Å². The van der Waals surface area contributed by atoms with Crippen molar-refractivity contribution in [2.45, 2.75) is 11.8 Å². The minimum atomic E-state index is -3.61. The first kappa shape index (κ1) is 21.1. The number of morpholine rings is 1. The van der Waals surface area contributed by atoms with E-state index >= 15 is 0 Å². The van der Waals surface area contributed by atoms with Crippen LogP contribution in [-0.2, 0) is 14.8 Å². The Bertz CT molecular complexity index is 925. The minimum Gasteiger partial charge on any atom is -0.492 e. The Labute approximate surface area is 170 Å². The molecule has 9 heteroatoms. The van der Waals surface area contributed by atoms with Crippen LogP contribution in [0.5, 0.6) is 5.75 Å². The quantitative estimate of drug-likeness (QED) is 0.671. The van der Waals surface area contributed by atoms with Crippen molar-refractivity contribution in [2.75, 3.05) is 44.8 Å². The normalized spacial score (nSPS) is 14.9. The number of nitrogens with one attached hydrogen (secondary N) is 2. The van der Waals surface area contributed by atoms with E-state index in [2.05, 4.69) is 10.6 Å². The van der Waals surface area contributed by atoms with Crippen LogP contribution >= 0.6 is 0 Å². The van der Waals surface area contributed by atoms with E-state index < -0.39 is 16.1 Å². The molecule has 0 unspecified atom stereocenters. The lowest BCUT2D eigenvalue weighted by Gasteiger charge is -2.26. The van der Waals surface area contributed by atoms with Gasteiger partial charge in [-0.15, -0.1) is 0 Å². The van der Waals surface area contributed by atoms with Crippen LogP contribution < -0.4 is 15.4 Å². The monoisotopic (exact) mass is 419 g/mol. The maximum absolute atomic E-state index is 12.7. The van der Waals surface area contributed by atoms with Crippen molar-refractivity contribution in [3.63, 3.8) is 0 Å². The molecule has 2 amide bonds. The number of sulfonamides is 1. The predicted molar refractivity (Wildman–Crippen MR) is 110 cm³/mol. The van der Waals surface area contributed by atoms with Crippen LogP contribution in [-0.4, -0.2) is 58.2 Å². The number of rotatable bonds is 7. The third-order valence-electron chi connectivity index (χ3n) is 4.38. The molecule has 29 heavy (non-hydrogen) atoms. The molecule has 0 aromatic heterocycles. The average molecular weight is 420 g/mol. The Morgan fingerprint density at radius 3 is 2.59 bits per heavy atom. The second kappa shape index (κ2) is 9.73. The van der Waals surface area contributed by atoms with Crippen LogP contribution in [0.1, 0.15) is 5.56 Å². The van der Waals surface area contributed by atoms with Crippen molar-refractivity contribution in [1.29, 1.82) is 0 Å². The summed E-state index contributed by atoms with van der Waals surface area (Å²) >= 11 is 0. The molecule has 1 heterocycles. The Balaban J connectivity index is 1.50. The fraction of sp³-hybridized carbons (Fsp3) is 0.350. The lowest BCUT2D eigenvalue weighted by molar-refractivity contribution is 0.0730. The Kier molecular flexibility index (Phi) is 7.08. The number of hydrogen-bond acceptors (Lipinski definition) is 5. The van der Waals surface area contributed by atoms with Gasteiger partial charge >= 0.3 is 6.03 Å². The highest BCUT2D eigenvalue weighted by atomic mass is 32.2. The maximum atomic E-state index is 12.7. The fourth-order valence-electron chi connectivity index (χ4n) is 2.81. The molecule has 1 saturated heterocycles. The highest BCUT2D eigenvalue weighted by molar-refractivity contribution is 7.89. The van der Waals surface area contributed by atoms with Crippen LogP contribution in [0.15, 0.2) is 53.4 Å². The number of benzene rings is 2. The summed E-state index contributed by atoms with van der Waals surface area (Å²) in [7, 11) is -3.61. The van der Waals surface area contributed by atoms with E-state index in [9.17, 15) is 13.2 Å². The first-order valence-electron chi connectivity index (χ1n) is 9.37. The van der Waals surface area contributed by atoms with Crippen LogP contribution in [0.4, 0.5) is 10.5 Å². The van der Waals surface area contributed by atoms with Gasteiger partial charge < -0.3 is 20.1 Å². The van der Waals surface area contributed by atoms with Crippen LogP contribution in [0.2, 0.25) is 0 Å². The second-order valence-electron chi connectivity index (χ2n) is 6.59. The zero-order valence-corrected chi connectivity index (χ0v) is 17.1. The van der Waals surface area contributed by atoms with Gasteiger partial charge in [0, 0.05) is 18.8 Å². The number of anilines is 1. The highest BCUT2D eigenvalue weighted by Gasteiger charge is 2.26. The van der Waals surface area contributed by atoms with Gasteiger partial charge in [-0.25, -0.2) is 13.2 Å². The standard InChI is InChI=1S/C20H25N3O5S/c1-16-5-7-18(8-6-16)28-12-9-21-20(24)22-17-3-2-4-19(15-17)29(25,26)23-10-13-27-14-11-23/h2-8,15H,9-14H2,1H3,(H2,21,22,24). The Morgan fingerprint density at radius 1 is 1.14 bits per heavy atom. The Morgan fingerprint density at radius 2 is 1.86 bits per heavy atom. The van der Waals surface area contributed by atoms with E-state index in [-0.39, 0.29) is 4.90 Å². The molecule has 1 aliphatic rings. The number of ether oxygens (including phenoxy) is 2. The lowest BCUT2D eigenvalue weighted by atomic mass is 10.2.